The number of ether oxygens (including phenoxy) is 2. The SMILES string of the molecule is Cc1cc(-c2nnc(-c3cc(F)c(OC[C@@]4(C(C)(C)C)[C@@H](C)OC(C)(C)N4C(=O)O)cc3Cl)s2)cnc1NC(C)C. The summed E-state index contributed by atoms with van der Waals surface area (Å²) >= 11 is 7.87. The van der Waals surface area contributed by atoms with E-state index in [1.807, 2.05) is 54.5 Å². The molecule has 3 heterocycles. The molecule has 41 heavy (non-hydrogen) atoms. The lowest BCUT2D eigenvalue weighted by Crippen LogP contribution is -2.66. The lowest BCUT2D eigenvalue weighted by atomic mass is 9.70. The van der Waals surface area contributed by atoms with Crippen LogP contribution in [0.1, 0.15) is 61.0 Å². The molecule has 1 aliphatic heterocycles. The van der Waals surface area contributed by atoms with Gasteiger partial charge in [0.2, 0.25) is 0 Å². The molecule has 0 spiro atoms. The summed E-state index contributed by atoms with van der Waals surface area (Å²) in [4.78, 5) is 18.2. The van der Waals surface area contributed by atoms with E-state index in [2.05, 4.69) is 20.5 Å². The van der Waals surface area contributed by atoms with Gasteiger partial charge in [0.1, 0.15) is 33.7 Å². The minimum absolute atomic E-state index is 0.0950. The summed E-state index contributed by atoms with van der Waals surface area (Å²) in [6.45, 7) is 16.9. The van der Waals surface area contributed by atoms with Crippen LogP contribution in [0.5, 0.6) is 5.75 Å². The quantitative estimate of drug-likeness (QED) is 0.285. The molecule has 9 nitrogen and oxygen atoms in total. The van der Waals surface area contributed by atoms with Crippen LogP contribution in [0.4, 0.5) is 15.0 Å². The molecule has 1 fully saturated rings. The van der Waals surface area contributed by atoms with Crippen molar-refractivity contribution in [3.05, 3.63) is 40.8 Å². The number of rotatable bonds is 7. The van der Waals surface area contributed by atoms with Crippen molar-refractivity contribution in [2.24, 2.45) is 5.41 Å². The first-order valence-corrected chi connectivity index (χ1v) is 14.6. The van der Waals surface area contributed by atoms with Gasteiger partial charge in [0, 0.05) is 29.4 Å². The standard InChI is InChI=1S/C29H37ClFN5O4S/c1-15(2)33-23-16(3)10-18(13-32-23)24-34-35-25(41-24)19-11-21(31)22(12-20(19)30)39-14-29(27(5,6)7)17(4)40-28(8,9)36(29)26(37)38/h10-13,15,17H,14H2,1-9H3,(H,32,33)(H,37,38)/t17-,29+/m1/s1. The Morgan fingerprint density at radius 1 is 1.27 bits per heavy atom. The Morgan fingerprint density at radius 2 is 1.93 bits per heavy atom. The van der Waals surface area contributed by atoms with Crippen LogP contribution in [0.2, 0.25) is 5.02 Å². The van der Waals surface area contributed by atoms with E-state index in [-0.39, 0.29) is 23.4 Å². The first-order valence-electron chi connectivity index (χ1n) is 13.4. The second-order valence-electron chi connectivity index (χ2n) is 12.2. The molecule has 222 valence electrons. The van der Waals surface area contributed by atoms with Gasteiger partial charge in [-0.3, -0.25) is 4.90 Å². The molecule has 1 aliphatic rings. The third-order valence-electron chi connectivity index (χ3n) is 7.44. The number of pyridine rings is 1. The van der Waals surface area contributed by atoms with Crippen molar-refractivity contribution in [3.8, 4) is 26.9 Å². The van der Waals surface area contributed by atoms with Crippen LogP contribution in [0, 0.1) is 18.2 Å². The van der Waals surface area contributed by atoms with E-state index < -0.39 is 34.7 Å². The lowest BCUT2D eigenvalue weighted by molar-refractivity contribution is -0.0683. The fourth-order valence-corrected chi connectivity index (χ4v) is 6.70. The maximum Gasteiger partial charge on any atom is 0.410 e. The highest BCUT2D eigenvalue weighted by molar-refractivity contribution is 7.18. The van der Waals surface area contributed by atoms with Crippen LogP contribution in [0.25, 0.3) is 21.1 Å². The Hall–Kier alpha value is -3.02. The molecule has 2 aromatic heterocycles. The van der Waals surface area contributed by atoms with Crippen LogP contribution in [0.3, 0.4) is 0 Å². The predicted molar refractivity (Wildman–Crippen MR) is 159 cm³/mol. The number of anilines is 1. The molecule has 0 bridgehead atoms. The first kappa shape index (κ1) is 30.9. The van der Waals surface area contributed by atoms with Crippen molar-refractivity contribution in [1.82, 2.24) is 20.1 Å². The van der Waals surface area contributed by atoms with Crippen molar-refractivity contribution in [2.75, 3.05) is 11.9 Å². The Bertz CT molecular complexity index is 1460. The second kappa shape index (κ2) is 11.0. The van der Waals surface area contributed by atoms with Gasteiger partial charge in [0.15, 0.2) is 11.6 Å². The van der Waals surface area contributed by atoms with E-state index in [1.165, 1.54) is 28.4 Å². The Labute approximate surface area is 249 Å². The fourth-order valence-electron chi connectivity index (χ4n) is 5.55. The van der Waals surface area contributed by atoms with Gasteiger partial charge in [0.05, 0.1) is 11.1 Å². The van der Waals surface area contributed by atoms with E-state index in [9.17, 15) is 9.90 Å². The summed E-state index contributed by atoms with van der Waals surface area (Å²) in [6.07, 6.45) is 0.0522. The Morgan fingerprint density at radius 3 is 2.51 bits per heavy atom. The third kappa shape index (κ3) is 5.72. The molecule has 2 atom stereocenters. The normalized spacial score (nSPS) is 20.5. The average molecular weight is 606 g/mol. The summed E-state index contributed by atoms with van der Waals surface area (Å²) in [5.74, 6) is 0.0537. The number of nitrogens with one attached hydrogen (secondary N) is 1. The van der Waals surface area contributed by atoms with Crippen molar-refractivity contribution in [2.45, 2.75) is 85.7 Å². The number of aromatic nitrogens is 3. The molecule has 0 unspecified atom stereocenters. The molecule has 2 N–H and O–H groups in total. The van der Waals surface area contributed by atoms with E-state index in [1.54, 1.807) is 20.0 Å². The molecule has 12 heteroatoms. The van der Waals surface area contributed by atoms with Gasteiger partial charge in [-0.2, -0.15) is 0 Å². The zero-order valence-corrected chi connectivity index (χ0v) is 26.4. The topological polar surface area (TPSA) is 110 Å². The van der Waals surface area contributed by atoms with Crippen LogP contribution >= 0.6 is 22.9 Å². The molecule has 4 rings (SSSR count). The highest BCUT2D eigenvalue weighted by atomic mass is 35.5. The van der Waals surface area contributed by atoms with Gasteiger partial charge in [-0.05, 0) is 64.7 Å². The smallest absolute Gasteiger partial charge is 0.410 e. The van der Waals surface area contributed by atoms with E-state index in [4.69, 9.17) is 21.1 Å². The Balaban J connectivity index is 1.61. The summed E-state index contributed by atoms with van der Waals surface area (Å²) < 4.78 is 27.5. The predicted octanol–water partition coefficient (Wildman–Crippen LogP) is 7.49. The van der Waals surface area contributed by atoms with Crippen molar-refractivity contribution in [3.63, 3.8) is 0 Å². The van der Waals surface area contributed by atoms with Gasteiger partial charge in [0.25, 0.3) is 0 Å². The first-order chi connectivity index (χ1) is 19.0. The number of aryl methyl sites for hydroxylation is 1. The summed E-state index contributed by atoms with van der Waals surface area (Å²) in [5.41, 5.74) is -0.684. The minimum atomic E-state index is -1.14. The average Bonchev–Trinajstić information content (AvgIpc) is 3.40. The monoisotopic (exact) mass is 605 g/mol. The van der Waals surface area contributed by atoms with Crippen LogP contribution in [-0.4, -0.2) is 61.3 Å². The molecular formula is C29H37ClFN5O4S. The number of halogens is 2. The van der Waals surface area contributed by atoms with Crippen molar-refractivity contribution < 1.29 is 23.8 Å². The van der Waals surface area contributed by atoms with E-state index in [0.29, 0.717) is 15.6 Å². The highest BCUT2D eigenvalue weighted by Crippen LogP contribution is 2.50. The molecule has 3 aromatic rings. The van der Waals surface area contributed by atoms with Gasteiger partial charge in [-0.25, -0.2) is 14.2 Å². The third-order valence-corrected chi connectivity index (χ3v) is 8.76. The number of hydrogen-bond acceptors (Lipinski definition) is 8. The van der Waals surface area contributed by atoms with Gasteiger partial charge in [-0.1, -0.05) is 43.7 Å². The van der Waals surface area contributed by atoms with E-state index in [0.717, 1.165) is 16.9 Å². The van der Waals surface area contributed by atoms with E-state index >= 15 is 4.39 Å². The summed E-state index contributed by atoms with van der Waals surface area (Å²) in [6, 6.07) is 4.87. The maximum atomic E-state index is 15.4. The van der Waals surface area contributed by atoms with Crippen molar-refractivity contribution in [1.29, 1.82) is 0 Å². The lowest BCUT2D eigenvalue weighted by Gasteiger charge is -2.49. The maximum absolute atomic E-state index is 15.4. The number of carboxylic acid groups (broad SMARTS) is 1. The zero-order valence-electron chi connectivity index (χ0n) is 24.8. The molecule has 1 amide bonds. The number of carbonyl (C=O) groups is 1. The zero-order chi connectivity index (χ0) is 30.5. The fraction of sp³-hybridized carbons (Fsp3) is 0.517. The molecule has 0 radical (unpaired) electrons. The number of benzene rings is 1. The molecule has 0 saturated carbocycles. The van der Waals surface area contributed by atoms with Gasteiger partial charge < -0.3 is 19.9 Å². The largest absolute Gasteiger partial charge is 0.488 e. The van der Waals surface area contributed by atoms with Crippen LogP contribution in [-0.2, 0) is 4.74 Å². The highest BCUT2D eigenvalue weighted by Gasteiger charge is 2.64. The molecule has 1 aromatic carbocycles. The molecule has 0 aliphatic carbocycles. The van der Waals surface area contributed by atoms with Gasteiger partial charge >= 0.3 is 6.09 Å². The van der Waals surface area contributed by atoms with Crippen LogP contribution in [0.15, 0.2) is 24.4 Å². The van der Waals surface area contributed by atoms with Gasteiger partial charge in [-0.15, -0.1) is 10.2 Å². The summed E-state index contributed by atoms with van der Waals surface area (Å²) in [7, 11) is 0. The number of amides is 1. The number of nitrogens with zero attached hydrogens (tertiary/aromatic N) is 4. The number of hydrogen-bond donors (Lipinski definition) is 2. The minimum Gasteiger partial charge on any atom is -0.488 e. The molecular weight excluding hydrogens is 569 g/mol. The summed E-state index contributed by atoms with van der Waals surface area (Å²) in [5, 5.41) is 23.3. The second-order valence-corrected chi connectivity index (χ2v) is 13.5. The van der Waals surface area contributed by atoms with Crippen molar-refractivity contribution >= 4 is 34.8 Å². The van der Waals surface area contributed by atoms with Crippen LogP contribution < -0.4 is 10.1 Å². The molecule has 1 saturated heterocycles. The Kier molecular flexibility index (Phi) is 8.30.